The van der Waals surface area contributed by atoms with Gasteiger partial charge in [-0.1, -0.05) is 47.5 Å². The molecule has 0 aromatic heterocycles. The van der Waals surface area contributed by atoms with Gasteiger partial charge >= 0.3 is 0 Å². The third-order valence-corrected chi connectivity index (χ3v) is 5.69. The van der Waals surface area contributed by atoms with E-state index >= 15 is 0 Å². The van der Waals surface area contributed by atoms with Crippen LogP contribution in [-0.2, 0) is 16.1 Å². The largest absolute Gasteiger partial charge is 0.492 e. The molecule has 1 aliphatic rings. The number of hydrogen-bond acceptors (Lipinski definition) is 4. The highest BCUT2D eigenvalue weighted by Crippen LogP contribution is 2.31. The lowest BCUT2D eigenvalue weighted by Gasteiger charge is -2.31. The molecule has 0 aliphatic carbocycles. The van der Waals surface area contributed by atoms with Crippen LogP contribution >= 0.6 is 23.2 Å². The van der Waals surface area contributed by atoms with Gasteiger partial charge in [0.25, 0.3) is 0 Å². The molecule has 0 N–H and O–H groups in total. The molecule has 1 aliphatic heterocycles. The van der Waals surface area contributed by atoms with Crippen LogP contribution in [0.1, 0.15) is 18.4 Å². The number of benzene rings is 2. The van der Waals surface area contributed by atoms with Gasteiger partial charge in [-0.3, -0.25) is 4.79 Å². The van der Waals surface area contributed by atoms with Crippen molar-refractivity contribution in [3.8, 4) is 5.75 Å². The van der Waals surface area contributed by atoms with E-state index in [1.54, 1.807) is 23.1 Å². The maximum absolute atomic E-state index is 12.6. The zero-order valence-corrected chi connectivity index (χ0v) is 18.1. The van der Waals surface area contributed by atoms with Crippen LogP contribution in [0.5, 0.6) is 5.75 Å². The second-order valence-electron chi connectivity index (χ2n) is 6.98. The highest BCUT2D eigenvalue weighted by atomic mass is 35.5. The van der Waals surface area contributed by atoms with Crippen LogP contribution in [0.2, 0.25) is 10.0 Å². The summed E-state index contributed by atoms with van der Waals surface area (Å²) in [5.74, 6) is 0.627. The molecular weight excluding hydrogens is 411 g/mol. The van der Waals surface area contributed by atoms with Crippen molar-refractivity contribution in [1.29, 1.82) is 0 Å². The number of halogens is 2. The molecule has 2 aromatic carbocycles. The fourth-order valence-corrected chi connectivity index (χ4v) is 3.64. The summed E-state index contributed by atoms with van der Waals surface area (Å²) in [5.41, 5.74) is 2.32. The van der Waals surface area contributed by atoms with Crippen LogP contribution in [0.4, 0.5) is 5.69 Å². The zero-order chi connectivity index (χ0) is 20.6. The van der Waals surface area contributed by atoms with Crippen LogP contribution < -0.4 is 9.64 Å². The number of carbonyl (C=O) groups excluding carboxylic acids is 1. The standard InChI is InChI=1S/C22H26Cl2N2O3/c1-25(16-17-6-2-3-8-19(17)26-11-14-28-15-12-26)21(27)10-5-13-29-20-9-4-7-18(23)22(20)24/h2-4,6-9H,5,10-16H2,1H3. The van der Waals surface area contributed by atoms with E-state index < -0.39 is 0 Å². The Kier molecular flexibility index (Phi) is 8.04. The molecule has 0 spiro atoms. The van der Waals surface area contributed by atoms with Gasteiger partial charge in [-0.15, -0.1) is 0 Å². The van der Waals surface area contributed by atoms with Crippen molar-refractivity contribution < 1.29 is 14.3 Å². The molecule has 0 radical (unpaired) electrons. The number of ether oxygens (including phenoxy) is 2. The predicted molar refractivity (Wildman–Crippen MR) is 117 cm³/mol. The van der Waals surface area contributed by atoms with Crippen LogP contribution in [0.3, 0.4) is 0 Å². The van der Waals surface area contributed by atoms with Gasteiger partial charge in [0.15, 0.2) is 0 Å². The topological polar surface area (TPSA) is 42.0 Å². The second-order valence-corrected chi connectivity index (χ2v) is 7.77. The molecule has 2 aromatic rings. The molecule has 0 bridgehead atoms. The molecule has 5 nitrogen and oxygen atoms in total. The van der Waals surface area contributed by atoms with E-state index in [-0.39, 0.29) is 5.91 Å². The summed E-state index contributed by atoms with van der Waals surface area (Å²) in [6.07, 6.45) is 1.02. The Morgan fingerprint density at radius 1 is 1.14 bits per heavy atom. The summed E-state index contributed by atoms with van der Waals surface area (Å²) in [4.78, 5) is 16.6. The maximum Gasteiger partial charge on any atom is 0.222 e. The fourth-order valence-electron chi connectivity index (χ4n) is 3.29. The van der Waals surface area contributed by atoms with Crippen molar-refractivity contribution in [3.63, 3.8) is 0 Å². The molecule has 29 heavy (non-hydrogen) atoms. The Morgan fingerprint density at radius 3 is 2.69 bits per heavy atom. The number of amides is 1. The predicted octanol–water partition coefficient (Wildman–Crippen LogP) is 4.65. The van der Waals surface area contributed by atoms with Crippen molar-refractivity contribution >= 4 is 34.8 Å². The van der Waals surface area contributed by atoms with Crippen LogP contribution in [-0.4, -0.2) is 50.8 Å². The number of morpholine rings is 1. The van der Waals surface area contributed by atoms with Crippen molar-refractivity contribution in [1.82, 2.24) is 4.90 Å². The van der Waals surface area contributed by atoms with Gasteiger partial charge in [-0.05, 0) is 30.2 Å². The molecule has 1 amide bonds. The SMILES string of the molecule is CN(Cc1ccccc1N1CCOCC1)C(=O)CCCOc1cccc(Cl)c1Cl. The quantitative estimate of drug-likeness (QED) is 0.564. The Bertz CT molecular complexity index is 825. The molecular formula is C22H26Cl2N2O3. The molecule has 1 heterocycles. The molecule has 156 valence electrons. The van der Waals surface area contributed by atoms with Crippen molar-refractivity contribution in [2.45, 2.75) is 19.4 Å². The number of para-hydroxylation sites is 1. The van der Waals surface area contributed by atoms with E-state index in [0.717, 1.165) is 31.9 Å². The first-order valence-corrected chi connectivity index (χ1v) is 10.5. The van der Waals surface area contributed by atoms with E-state index in [1.165, 1.54) is 5.69 Å². The minimum atomic E-state index is 0.0857. The first-order chi connectivity index (χ1) is 14.1. The smallest absolute Gasteiger partial charge is 0.222 e. The Balaban J connectivity index is 1.49. The highest BCUT2D eigenvalue weighted by molar-refractivity contribution is 6.42. The summed E-state index contributed by atoms with van der Waals surface area (Å²) in [5, 5.41) is 0.858. The first kappa shape index (κ1) is 21.8. The molecule has 3 rings (SSSR count). The second kappa shape index (κ2) is 10.7. The third-order valence-electron chi connectivity index (χ3n) is 4.89. The summed E-state index contributed by atoms with van der Waals surface area (Å²) < 4.78 is 11.1. The van der Waals surface area contributed by atoms with Gasteiger partial charge in [0, 0.05) is 38.8 Å². The number of carbonyl (C=O) groups is 1. The third kappa shape index (κ3) is 6.01. The molecule has 0 saturated carbocycles. The lowest BCUT2D eigenvalue weighted by atomic mass is 10.1. The summed E-state index contributed by atoms with van der Waals surface area (Å²) in [6, 6.07) is 13.5. The van der Waals surface area contributed by atoms with E-state index in [9.17, 15) is 4.79 Å². The highest BCUT2D eigenvalue weighted by Gasteiger charge is 2.17. The number of nitrogens with zero attached hydrogens (tertiary/aromatic N) is 2. The number of hydrogen-bond donors (Lipinski definition) is 0. The van der Waals surface area contributed by atoms with E-state index in [0.29, 0.717) is 41.8 Å². The Hall–Kier alpha value is -1.95. The van der Waals surface area contributed by atoms with Crippen molar-refractivity contribution in [2.75, 3.05) is 44.9 Å². The van der Waals surface area contributed by atoms with Gasteiger partial charge in [0.2, 0.25) is 5.91 Å². The lowest BCUT2D eigenvalue weighted by Crippen LogP contribution is -2.37. The fraction of sp³-hybridized carbons (Fsp3) is 0.409. The lowest BCUT2D eigenvalue weighted by molar-refractivity contribution is -0.130. The Labute approximate surface area is 182 Å². The van der Waals surface area contributed by atoms with Crippen LogP contribution in [0.15, 0.2) is 42.5 Å². The number of rotatable bonds is 8. The minimum Gasteiger partial charge on any atom is -0.492 e. The maximum atomic E-state index is 12.6. The summed E-state index contributed by atoms with van der Waals surface area (Å²) in [6.45, 7) is 4.20. The summed E-state index contributed by atoms with van der Waals surface area (Å²) >= 11 is 12.1. The minimum absolute atomic E-state index is 0.0857. The zero-order valence-electron chi connectivity index (χ0n) is 16.6. The van der Waals surface area contributed by atoms with Crippen molar-refractivity contribution in [2.24, 2.45) is 0 Å². The van der Waals surface area contributed by atoms with Crippen LogP contribution in [0.25, 0.3) is 0 Å². The average Bonchev–Trinajstić information content (AvgIpc) is 2.75. The Morgan fingerprint density at radius 2 is 1.90 bits per heavy atom. The molecule has 0 atom stereocenters. The van der Waals surface area contributed by atoms with E-state index in [2.05, 4.69) is 17.0 Å². The van der Waals surface area contributed by atoms with Crippen molar-refractivity contribution in [3.05, 3.63) is 58.1 Å². The summed E-state index contributed by atoms with van der Waals surface area (Å²) in [7, 11) is 1.84. The first-order valence-electron chi connectivity index (χ1n) is 9.77. The molecule has 7 heteroatoms. The number of anilines is 1. The monoisotopic (exact) mass is 436 g/mol. The normalized spacial score (nSPS) is 14.0. The van der Waals surface area contributed by atoms with Crippen LogP contribution in [0, 0.1) is 0 Å². The average molecular weight is 437 g/mol. The molecule has 1 saturated heterocycles. The van der Waals surface area contributed by atoms with Gasteiger partial charge in [0.05, 0.1) is 24.8 Å². The van der Waals surface area contributed by atoms with Gasteiger partial charge in [0.1, 0.15) is 10.8 Å². The molecule has 1 fully saturated rings. The van der Waals surface area contributed by atoms with Gasteiger partial charge in [-0.2, -0.15) is 0 Å². The van der Waals surface area contributed by atoms with Gasteiger partial charge in [-0.25, -0.2) is 0 Å². The van der Waals surface area contributed by atoms with Gasteiger partial charge < -0.3 is 19.3 Å². The van der Waals surface area contributed by atoms with E-state index in [4.69, 9.17) is 32.7 Å². The molecule has 0 unspecified atom stereocenters. The van der Waals surface area contributed by atoms with E-state index in [1.807, 2.05) is 19.2 Å².